The second-order valence-corrected chi connectivity index (χ2v) is 4.90. The van der Waals surface area contributed by atoms with Gasteiger partial charge in [-0.1, -0.05) is 0 Å². The Kier molecular flexibility index (Phi) is 6.13. The second-order valence-electron chi connectivity index (χ2n) is 2.35. The summed E-state index contributed by atoms with van der Waals surface area (Å²) < 4.78 is 1.11. The number of hydrogen-bond acceptors (Lipinski definition) is 3. The highest BCUT2D eigenvalue weighted by molar-refractivity contribution is 9.11. The summed E-state index contributed by atoms with van der Waals surface area (Å²) in [7, 11) is 0. The van der Waals surface area contributed by atoms with E-state index in [1.165, 1.54) is 4.88 Å². The van der Waals surface area contributed by atoms with Gasteiger partial charge >= 0.3 is 0 Å². The largest absolute Gasteiger partial charge is 0.395 e. The Labute approximate surface area is 90.3 Å². The van der Waals surface area contributed by atoms with Gasteiger partial charge < -0.3 is 10.8 Å². The van der Waals surface area contributed by atoms with Gasteiger partial charge in [0.15, 0.2) is 0 Å². The quantitative estimate of drug-likeness (QED) is 0.881. The number of thiophene rings is 1. The van der Waals surface area contributed by atoms with Crippen LogP contribution in [0.5, 0.6) is 0 Å². The molecule has 3 N–H and O–H groups in total. The summed E-state index contributed by atoms with van der Waals surface area (Å²) in [5.74, 6) is 0. The van der Waals surface area contributed by atoms with Crippen LogP contribution in [0.2, 0.25) is 0 Å². The molecule has 0 saturated heterocycles. The zero-order chi connectivity index (χ0) is 8.27. The monoisotopic (exact) mass is 271 g/mol. The first-order chi connectivity index (χ1) is 5.22. The van der Waals surface area contributed by atoms with Crippen LogP contribution in [0.15, 0.2) is 15.9 Å². The molecule has 70 valence electrons. The molecule has 0 saturated carbocycles. The zero-order valence-electron chi connectivity index (χ0n) is 6.37. The molecule has 12 heavy (non-hydrogen) atoms. The summed E-state index contributed by atoms with van der Waals surface area (Å²) in [5.41, 5.74) is 5.56. The molecule has 5 heteroatoms. The normalized spacial score (nSPS) is 12.2. The Bertz CT molecular complexity index is 231. The highest BCUT2D eigenvalue weighted by Gasteiger charge is 2.03. The highest BCUT2D eigenvalue weighted by Crippen LogP contribution is 2.22. The lowest BCUT2D eigenvalue weighted by Gasteiger charge is -2.03. The van der Waals surface area contributed by atoms with Gasteiger partial charge in [0.05, 0.1) is 10.4 Å². The van der Waals surface area contributed by atoms with E-state index in [4.69, 9.17) is 10.8 Å². The Morgan fingerprint density at radius 2 is 2.25 bits per heavy atom. The van der Waals surface area contributed by atoms with E-state index < -0.39 is 0 Å². The number of nitrogens with two attached hydrogens (primary N) is 1. The first-order valence-electron chi connectivity index (χ1n) is 3.33. The van der Waals surface area contributed by atoms with Crippen molar-refractivity contribution >= 4 is 39.7 Å². The predicted octanol–water partition coefficient (Wildman–Crippen LogP) is 1.79. The Balaban J connectivity index is 0.00000121. The maximum absolute atomic E-state index is 8.67. The number of rotatable bonds is 3. The number of aliphatic hydroxyl groups excluding tert-OH is 1. The average molecular weight is 273 g/mol. The Morgan fingerprint density at radius 1 is 1.58 bits per heavy atom. The van der Waals surface area contributed by atoms with Crippen molar-refractivity contribution in [2.45, 2.75) is 12.5 Å². The summed E-state index contributed by atoms with van der Waals surface area (Å²) in [6, 6.07) is 3.88. The van der Waals surface area contributed by atoms with Gasteiger partial charge in [0, 0.05) is 10.9 Å². The van der Waals surface area contributed by atoms with Crippen molar-refractivity contribution in [2.75, 3.05) is 6.61 Å². The minimum Gasteiger partial charge on any atom is -0.395 e. The van der Waals surface area contributed by atoms with Crippen LogP contribution in [0.25, 0.3) is 0 Å². The van der Waals surface area contributed by atoms with Gasteiger partial charge in [0.25, 0.3) is 0 Å². The minimum atomic E-state index is -0.124. The first-order valence-corrected chi connectivity index (χ1v) is 4.94. The van der Waals surface area contributed by atoms with Crippen molar-refractivity contribution in [3.05, 3.63) is 20.8 Å². The van der Waals surface area contributed by atoms with Crippen LogP contribution in [0, 0.1) is 0 Å². The Hall–Kier alpha value is 0.390. The van der Waals surface area contributed by atoms with Crippen LogP contribution in [0.1, 0.15) is 4.88 Å². The molecule has 1 aromatic heterocycles. The molecule has 0 aliphatic carbocycles. The average Bonchev–Trinajstić information content (AvgIpc) is 2.35. The lowest BCUT2D eigenvalue weighted by molar-refractivity contribution is 0.266. The SMILES string of the molecule is Cl.NC(CO)Cc1ccc(Br)s1. The van der Waals surface area contributed by atoms with Gasteiger partial charge in [0.1, 0.15) is 0 Å². The summed E-state index contributed by atoms with van der Waals surface area (Å²) >= 11 is 5.02. The molecule has 1 unspecified atom stereocenters. The molecule has 1 atom stereocenters. The van der Waals surface area contributed by atoms with Gasteiger partial charge in [-0.25, -0.2) is 0 Å². The molecular weight excluding hydrogens is 262 g/mol. The molecule has 0 radical (unpaired) electrons. The maximum Gasteiger partial charge on any atom is 0.0701 e. The van der Waals surface area contributed by atoms with E-state index in [-0.39, 0.29) is 25.1 Å². The van der Waals surface area contributed by atoms with Crippen molar-refractivity contribution in [2.24, 2.45) is 5.73 Å². The molecule has 2 nitrogen and oxygen atoms in total. The minimum absolute atomic E-state index is 0. The fourth-order valence-electron chi connectivity index (χ4n) is 0.784. The molecule has 0 bridgehead atoms. The lowest BCUT2D eigenvalue weighted by Crippen LogP contribution is -2.26. The van der Waals surface area contributed by atoms with Crippen LogP contribution in [0.4, 0.5) is 0 Å². The number of halogens is 2. The Morgan fingerprint density at radius 3 is 2.67 bits per heavy atom. The number of hydrogen-bond donors (Lipinski definition) is 2. The molecule has 0 aliphatic rings. The van der Waals surface area contributed by atoms with Crippen LogP contribution in [0.3, 0.4) is 0 Å². The van der Waals surface area contributed by atoms with Crippen molar-refractivity contribution in [1.29, 1.82) is 0 Å². The summed E-state index contributed by atoms with van der Waals surface area (Å²) in [6.07, 6.45) is 0.757. The first kappa shape index (κ1) is 12.4. The summed E-state index contributed by atoms with van der Waals surface area (Å²) in [4.78, 5) is 1.21. The van der Waals surface area contributed by atoms with Crippen LogP contribution in [-0.2, 0) is 6.42 Å². The van der Waals surface area contributed by atoms with E-state index in [2.05, 4.69) is 15.9 Å². The highest BCUT2D eigenvalue weighted by atomic mass is 79.9. The fraction of sp³-hybridized carbons (Fsp3) is 0.429. The van der Waals surface area contributed by atoms with Gasteiger partial charge in [-0.15, -0.1) is 23.7 Å². The van der Waals surface area contributed by atoms with Crippen LogP contribution in [-0.4, -0.2) is 17.8 Å². The lowest BCUT2D eigenvalue weighted by atomic mass is 10.2. The molecule has 0 aromatic carbocycles. The standard InChI is InChI=1S/C7H10BrNOS.ClH/c8-7-2-1-6(11-7)3-5(9)4-10;/h1-2,5,10H,3-4,9H2;1H. The van der Waals surface area contributed by atoms with Crippen molar-refractivity contribution in [1.82, 2.24) is 0 Å². The van der Waals surface area contributed by atoms with E-state index in [1.54, 1.807) is 11.3 Å². The molecule has 0 fully saturated rings. The smallest absolute Gasteiger partial charge is 0.0701 e. The van der Waals surface area contributed by atoms with E-state index in [0.29, 0.717) is 0 Å². The zero-order valence-corrected chi connectivity index (χ0v) is 9.58. The predicted molar refractivity (Wildman–Crippen MR) is 58.0 cm³/mol. The van der Waals surface area contributed by atoms with Crippen molar-refractivity contribution in [3.63, 3.8) is 0 Å². The second kappa shape index (κ2) is 5.94. The van der Waals surface area contributed by atoms with E-state index in [1.807, 2.05) is 12.1 Å². The van der Waals surface area contributed by atoms with E-state index in [9.17, 15) is 0 Å². The third-order valence-corrected chi connectivity index (χ3v) is 2.97. The molecule has 0 spiro atoms. The van der Waals surface area contributed by atoms with Crippen molar-refractivity contribution < 1.29 is 5.11 Å². The molecular formula is C7H11BrClNOS. The molecule has 1 aromatic rings. The topological polar surface area (TPSA) is 46.2 Å². The van der Waals surface area contributed by atoms with E-state index >= 15 is 0 Å². The van der Waals surface area contributed by atoms with Crippen molar-refractivity contribution in [3.8, 4) is 0 Å². The molecule has 0 aliphatic heterocycles. The third-order valence-electron chi connectivity index (χ3n) is 1.33. The summed E-state index contributed by atoms with van der Waals surface area (Å²) in [6.45, 7) is 0.0511. The van der Waals surface area contributed by atoms with Crippen LogP contribution >= 0.6 is 39.7 Å². The third kappa shape index (κ3) is 3.87. The molecule has 1 rings (SSSR count). The summed E-state index contributed by atoms with van der Waals surface area (Å²) in [5, 5.41) is 8.67. The van der Waals surface area contributed by atoms with Gasteiger partial charge in [-0.3, -0.25) is 0 Å². The van der Waals surface area contributed by atoms with Gasteiger partial charge in [-0.2, -0.15) is 0 Å². The van der Waals surface area contributed by atoms with Gasteiger partial charge in [0.2, 0.25) is 0 Å². The maximum atomic E-state index is 8.67. The van der Waals surface area contributed by atoms with Gasteiger partial charge in [-0.05, 0) is 34.5 Å². The molecule has 0 amide bonds. The number of aliphatic hydroxyl groups is 1. The fourth-order valence-corrected chi connectivity index (χ4v) is 2.36. The van der Waals surface area contributed by atoms with Crippen LogP contribution < -0.4 is 5.73 Å². The molecule has 1 heterocycles. The van der Waals surface area contributed by atoms with E-state index in [0.717, 1.165) is 10.2 Å².